The summed E-state index contributed by atoms with van der Waals surface area (Å²) in [5, 5.41) is 12.0. The van der Waals surface area contributed by atoms with Crippen LogP contribution in [-0.2, 0) is 14.5 Å². The van der Waals surface area contributed by atoms with E-state index in [1.165, 1.54) is 11.0 Å². The summed E-state index contributed by atoms with van der Waals surface area (Å²) in [5.41, 5.74) is 1.03. The number of benzene rings is 1. The van der Waals surface area contributed by atoms with Gasteiger partial charge in [0.15, 0.2) is 0 Å². The first kappa shape index (κ1) is 23.9. The third kappa shape index (κ3) is 6.14. The molecule has 0 radical (unpaired) electrons. The highest BCUT2D eigenvalue weighted by Gasteiger charge is 2.33. The molecule has 0 aliphatic carbocycles. The maximum atomic E-state index is 14.9. The van der Waals surface area contributed by atoms with Gasteiger partial charge in [-0.1, -0.05) is 25.2 Å². The van der Waals surface area contributed by atoms with Crippen LogP contribution in [0.3, 0.4) is 0 Å². The lowest BCUT2D eigenvalue weighted by Gasteiger charge is -2.26. The summed E-state index contributed by atoms with van der Waals surface area (Å²) in [6.45, 7) is 2.88. The predicted octanol–water partition coefficient (Wildman–Crippen LogP) is 3.21. The first-order valence-corrected chi connectivity index (χ1v) is 12.9. The molecule has 2 N–H and O–H groups in total. The summed E-state index contributed by atoms with van der Waals surface area (Å²) in [6.07, 6.45) is 2.06. The molecule has 1 atom stereocenters. The first-order valence-electron chi connectivity index (χ1n) is 10.7. The largest absolute Gasteiger partial charge is 0.442 e. The summed E-state index contributed by atoms with van der Waals surface area (Å²) >= 11 is 5.22. The van der Waals surface area contributed by atoms with Gasteiger partial charge in [-0.3, -0.25) is 4.90 Å². The number of aliphatic hydroxyl groups is 1. The minimum Gasteiger partial charge on any atom is -0.442 e. The van der Waals surface area contributed by atoms with Crippen LogP contribution in [0.5, 0.6) is 0 Å². The summed E-state index contributed by atoms with van der Waals surface area (Å²) in [5.74, 6) is 0.411. The molecule has 0 bridgehead atoms. The average molecular weight is 472 g/mol. The highest BCUT2D eigenvalue weighted by molar-refractivity contribution is 7.93. The van der Waals surface area contributed by atoms with Gasteiger partial charge >= 0.3 is 6.09 Å². The van der Waals surface area contributed by atoms with Crippen LogP contribution in [0.2, 0.25) is 0 Å². The molecule has 2 saturated heterocycles. The number of amides is 1. The molecule has 0 unspecified atom stereocenters. The molecule has 3 rings (SSSR count). The van der Waals surface area contributed by atoms with E-state index in [1.807, 2.05) is 6.92 Å². The van der Waals surface area contributed by atoms with Crippen molar-refractivity contribution in [2.75, 3.05) is 42.6 Å². The number of thiocarbonyl (C=S) groups is 1. The summed E-state index contributed by atoms with van der Waals surface area (Å²) < 4.78 is 37.0. The zero-order valence-corrected chi connectivity index (χ0v) is 19.4. The molecule has 0 aromatic heterocycles. The van der Waals surface area contributed by atoms with E-state index < -0.39 is 15.8 Å². The molecule has 2 fully saturated rings. The summed E-state index contributed by atoms with van der Waals surface area (Å²) in [4.78, 5) is 14.4. The van der Waals surface area contributed by atoms with Gasteiger partial charge in [0, 0.05) is 21.2 Å². The van der Waals surface area contributed by atoms with Crippen LogP contribution in [0.15, 0.2) is 22.6 Å². The van der Waals surface area contributed by atoms with Crippen molar-refractivity contribution < 1.29 is 23.2 Å². The van der Waals surface area contributed by atoms with Crippen LogP contribution >= 0.6 is 12.2 Å². The maximum absolute atomic E-state index is 14.9. The summed E-state index contributed by atoms with van der Waals surface area (Å²) in [6, 6.07) is 4.82. The van der Waals surface area contributed by atoms with Gasteiger partial charge in [0.05, 0.1) is 36.9 Å². The van der Waals surface area contributed by atoms with Gasteiger partial charge in [-0.2, -0.15) is 0 Å². The molecule has 7 nitrogen and oxygen atoms in total. The Labute approximate surface area is 188 Å². The SMILES string of the molecule is CCCC(=S)NC[C@H]1CN(c2ccc(C3CCS(=O)(=NCCO)CC3)c(F)c2)C(=O)O1. The van der Waals surface area contributed by atoms with E-state index >= 15 is 0 Å². The number of hydrogen-bond donors (Lipinski definition) is 2. The van der Waals surface area contributed by atoms with Crippen LogP contribution in [0.1, 0.15) is 44.1 Å². The second-order valence-electron chi connectivity index (χ2n) is 7.91. The number of aliphatic hydroxyl groups excluding tert-OH is 1. The van der Waals surface area contributed by atoms with E-state index in [0.717, 1.165) is 17.8 Å². The fourth-order valence-electron chi connectivity index (χ4n) is 3.94. The smallest absolute Gasteiger partial charge is 0.414 e. The molecule has 10 heteroatoms. The van der Waals surface area contributed by atoms with E-state index in [4.69, 9.17) is 22.1 Å². The van der Waals surface area contributed by atoms with Gasteiger partial charge in [-0.15, -0.1) is 0 Å². The van der Waals surface area contributed by atoms with Crippen molar-refractivity contribution in [1.29, 1.82) is 0 Å². The molecular weight excluding hydrogens is 441 g/mol. The molecular formula is C21H30FN3O4S2. The van der Waals surface area contributed by atoms with E-state index in [1.54, 1.807) is 12.1 Å². The Balaban J connectivity index is 1.61. The van der Waals surface area contributed by atoms with Gasteiger partial charge in [0.25, 0.3) is 0 Å². The Hall–Kier alpha value is -1.78. The van der Waals surface area contributed by atoms with Crippen LogP contribution < -0.4 is 10.2 Å². The Morgan fingerprint density at radius 2 is 2.16 bits per heavy atom. The molecule has 1 aromatic rings. The van der Waals surface area contributed by atoms with Gasteiger partial charge in [0.1, 0.15) is 11.9 Å². The molecule has 0 spiro atoms. The molecule has 31 heavy (non-hydrogen) atoms. The quantitative estimate of drug-likeness (QED) is 0.566. The summed E-state index contributed by atoms with van der Waals surface area (Å²) in [7, 11) is -2.30. The van der Waals surface area contributed by atoms with Crippen LogP contribution in [0.4, 0.5) is 14.9 Å². The van der Waals surface area contributed by atoms with E-state index in [0.29, 0.717) is 48.7 Å². The van der Waals surface area contributed by atoms with Crippen LogP contribution in [0, 0.1) is 5.82 Å². The van der Waals surface area contributed by atoms with Crippen molar-refractivity contribution >= 4 is 38.7 Å². The molecule has 1 aromatic carbocycles. The number of anilines is 1. The highest BCUT2D eigenvalue weighted by atomic mass is 32.2. The number of ether oxygens (including phenoxy) is 1. The molecule has 172 valence electrons. The van der Waals surface area contributed by atoms with Crippen molar-refractivity contribution in [2.45, 2.75) is 44.6 Å². The lowest BCUT2D eigenvalue weighted by atomic mass is 9.93. The van der Waals surface area contributed by atoms with E-state index in [-0.39, 0.29) is 31.0 Å². The Kier molecular flexibility index (Phi) is 8.23. The standard InChI is InChI=1S/C21H30FN3O4S2/c1-2-3-20(30)23-13-17-14-25(21(27)29-17)16-4-5-18(19(22)12-16)15-6-10-31(28,11-7-15)24-8-9-26/h4-5,12,15,17,26H,2-3,6-11,13-14H2,1H3,(H,23,30)/t15?,17-,31?/m0/s1. The minimum absolute atomic E-state index is 0.0324. The molecule has 1 amide bonds. The maximum Gasteiger partial charge on any atom is 0.414 e. The van der Waals surface area contributed by atoms with Gasteiger partial charge < -0.3 is 15.2 Å². The molecule has 0 saturated carbocycles. The number of hydrogen-bond acceptors (Lipinski definition) is 6. The lowest BCUT2D eigenvalue weighted by Crippen LogP contribution is -2.33. The van der Waals surface area contributed by atoms with Crippen molar-refractivity contribution in [1.82, 2.24) is 5.32 Å². The molecule has 2 aliphatic heterocycles. The van der Waals surface area contributed by atoms with Crippen molar-refractivity contribution in [3.05, 3.63) is 29.6 Å². The number of rotatable bonds is 8. The van der Waals surface area contributed by atoms with E-state index in [9.17, 15) is 13.4 Å². The molecule has 2 aliphatic rings. The first-order chi connectivity index (χ1) is 14.8. The predicted molar refractivity (Wildman–Crippen MR) is 124 cm³/mol. The highest BCUT2D eigenvalue weighted by Crippen LogP contribution is 2.34. The number of cyclic esters (lactones) is 1. The topological polar surface area (TPSA) is 91.2 Å². The number of carbonyl (C=O) groups is 1. The van der Waals surface area contributed by atoms with Crippen LogP contribution in [0.25, 0.3) is 0 Å². The normalized spacial score (nSPS) is 25.9. The monoisotopic (exact) mass is 471 g/mol. The van der Waals surface area contributed by atoms with Crippen molar-refractivity contribution in [2.24, 2.45) is 4.36 Å². The Bertz CT molecular complexity index is 919. The van der Waals surface area contributed by atoms with Gasteiger partial charge in [-0.05, 0) is 49.3 Å². The number of nitrogens with zero attached hydrogens (tertiary/aromatic N) is 2. The number of nitrogens with one attached hydrogen (secondary N) is 1. The second kappa shape index (κ2) is 10.7. The zero-order valence-electron chi connectivity index (χ0n) is 17.7. The van der Waals surface area contributed by atoms with Crippen molar-refractivity contribution in [3.8, 4) is 0 Å². The van der Waals surface area contributed by atoms with Crippen molar-refractivity contribution in [3.63, 3.8) is 0 Å². The average Bonchev–Trinajstić information content (AvgIpc) is 3.12. The number of halogens is 1. The third-order valence-electron chi connectivity index (χ3n) is 5.61. The zero-order chi connectivity index (χ0) is 22.4. The van der Waals surface area contributed by atoms with Gasteiger partial charge in [0.2, 0.25) is 0 Å². The number of carbonyl (C=O) groups excluding carboxylic acids is 1. The Morgan fingerprint density at radius 1 is 1.42 bits per heavy atom. The minimum atomic E-state index is -2.30. The van der Waals surface area contributed by atoms with Gasteiger partial charge in [-0.25, -0.2) is 17.8 Å². The lowest BCUT2D eigenvalue weighted by molar-refractivity contribution is 0.143. The van der Waals surface area contributed by atoms with Crippen LogP contribution in [-0.4, -0.2) is 64.2 Å². The molecule has 2 heterocycles. The fraction of sp³-hybridized carbons (Fsp3) is 0.619. The second-order valence-corrected chi connectivity index (χ2v) is 11.0. The Morgan fingerprint density at radius 3 is 2.81 bits per heavy atom. The van der Waals surface area contributed by atoms with E-state index in [2.05, 4.69) is 9.68 Å². The fourth-order valence-corrected chi connectivity index (χ4v) is 6.41. The third-order valence-corrected chi connectivity index (χ3v) is 8.36.